The summed E-state index contributed by atoms with van der Waals surface area (Å²) in [6, 6.07) is 15.8. The van der Waals surface area contributed by atoms with Crippen LogP contribution in [0.4, 0.5) is 4.39 Å². The van der Waals surface area contributed by atoms with Gasteiger partial charge < -0.3 is 15.5 Å². The number of nitrogens with zero attached hydrogens (tertiary/aromatic N) is 2. The summed E-state index contributed by atoms with van der Waals surface area (Å²) in [5, 5.41) is 24.6. The summed E-state index contributed by atoms with van der Waals surface area (Å²) in [5.41, 5.74) is 2.08. The number of rotatable bonds is 7. The largest absolute Gasteiger partial charge is 0.396 e. The molecule has 1 heterocycles. The lowest BCUT2D eigenvalue weighted by Crippen LogP contribution is -2.36. The molecular weight excluding hydrogens is 417 g/mol. The Morgan fingerprint density at radius 3 is 2.61 bits per heavy atom. The van der Waals surface area contributed by atoms with Crippen LogP contribution in [-0.4, -0.2) is 38.9 Å². The molecule has 0 radical (unpaired) electrons. The first-order valence-electron chi connectivity index (χ1n) is 10.4. The van der Waals surface area contributed by atoms with E-state index in [0.29, 0.717) is 35.8 Å². The second-order valence-corrected chi connectivity index (χ2v) is 8.35. The molecular formula is C24H25ClFN3O2. The van der Waals surface area contributed by atoms with Crippen LogP contribution < -0.4 is 5.32 Å². The van der Waals surface area contributed by atoms with E-state index in [1.165, 1.54) is 6.07 Å². The van der Waals surface area contributed by atoms with Crippen LogP contribution in [0, 0.1) is 17.7 Å². The van der Waals surface area contributed by atoms with Crippen LogP contribution in [0.25, 0.3) is 11.4 Å². The van der Waals surface area contributed by atoms with Crippen LogP contribution in [0.3, 0.4) is 0 Å². The first-order valence-corrected chi connectivity index (χ1v) is 10.8. The zero-order valence-corrected chi connectivity index (χ0v) is 17.7. The molecule has 31 heavy (non-hydrogen) atoms. The van der Waals surface area contributed by atoms with Crippen LogP contribution in [0.2, 0.25) is 5.02 Å². The number of aliphatic hydroxyl groups excluding tert-OH is 2. The highest BCUT2D eigenvalue weighted by atomic mass is 35.5. The van der Waals surface area contributed by atoms with E-state index in [1.807, 2.05) is 24.3 Å². The number of benzene rings is 2. The first kappa shape index (κ1) is 21.8. The van der Waals surface area contributed by atoms with Gasteiger partial charge in [0.25, 0.3) is 0 Å². The summed E-state index contributed by atoms with van der Waals surface area (Å²) in [4.78, 5) is 8.79. The molecule has 5 nitrogen and oxygen atoms in total. The Hall–Kier alpha value is -2.38. The Bertz CT molecular complexity index is 1030. The topological polar surface area (TPSA) is 78.3 Å². The summed E-state index contributed by atoms with van der Waals surface area (Å²) < 4.78 is 14.2. The lowest BCUT2D eigenvalue weighted by atomic mass is 9.88. The molecule has 1 aliphatic carbocycles. The van der Waals surface area contributed by atoms with Gasteiger partial charge in [0.2, 0.25) is 0 Å². The molecule has 162 valence electrons. The van der Waals surface area contributed by atoms with E-state index in [2.05, 4.69) is 15.3 Å². The molecule has 1 saturated carbocycles. The minimum atomic E-state index is -0.605. The molecule has 1 aliphatic rings. The number of hydrogen-bond donors (Lipinski definition) is 3. The molecule has 0 saturated heterocycles. The van der Waals surface area contributed by atoms with E-state index < -0.39 is 6.10 Å². The predicted molar refractivity (Wildman–Crippen MR) is 118 cm³/mol. The van der Waals surface area contributed by atoms with Gasteiger partial charge in [-0.2, -0.15) is 0 Å². The van der Waals surface area contributed by atoms with Gasteiger partial charge in [-0.05, 0) is 48.6 Å². The zero-order chi connectivity index (χ0) is 21.8. The highest BCUT2D eigenvalue weighted by Crippen LogP contribution is 2.35. The number of nitrogens with one attached hydrogen (secondary N) is 1. The van der Waals surface area contributed by atoms with Crippen molar-refractivity contribution in [3.8, 4) is 11.4 Å². The van der Waals surface area contributed by atoms with Gasteiger partial charge >= 0.3 is 0 Å². The Kier molecular flexibility index (Phi) is 6.92. The van der Waals surface area contributed by atoms with E-state index in [4.69, 9.17) is 11.6 Å². The van der Waals surface area contributed by atoms with Gasteiger partial charge in [0.1, 0.15) is 5.82 Å². The van der Waals surface area contributed by atoms with Gasteiger partial charge in [0, 0.05) is 42.0 Å². The highest BCUT2D eigenvalue weighted by molar-refractivity contribution is 6.31. The maximum atomic E-state index is 14.2. The molecule has 4 rings (SSSR count). The van der Waals surface area contributed by atoms with Crippen molar-refractivity contribution in [3.05, 3.63) is 82.9 Å². The molecule has 1 fully saturated rings. The smallest absolute Gasteiger partial charge is 0.162 e. The molecule has 3 aromatic rings. The molecule has 0 aliphatic heterocycles. The third-order valence-corrected chi connectivity index (χ3v) is 6.42. The second-order valence-electron chi connectivity index (χ2n) is 7.95. The van der Waals surface area contributed by atoms with Crippen molar-refractivity contribution in [2.45, 2.75) is 31.5 Å². The molecule has 1 aromatic heterocycles. The van der Waals surface area contributed by atoms with Crippen LogP contribution in [0.15, 0.2) is 60.8 Å². The van der Waals surface area contributed by atoms with E-state index in [9.17, 15) is 14.6 Å². The van der Waals surface area contributed by atoms with Crippen molar-refractivity contribution >= 4 is 11.6 Å². The lowest BCUT2D eigenvalue weighted by Gasteiger charge is -2.25. The van der Waals surface area contributed by atoms with Gasteiger partial charge in [-0.1, -0.05) is 41.9 Å². The summed E-state index contributed by atoms with van der Waals surface area (Å²) in [6.45, 7) is 0.456. The summed E-state index contributed by atoms with van der Waals surface area (Å²) in [5.74, 6) is -0.347. The molecule has 2 aromatic carbocycles. The fourth-order valence-electron chi connectivity index (χ4n) is 4.39. The van der Waals surface area contributed by atoms with Gasteiger partial charge in [0.15, 0.2) is 5.82 Å². The Morgan fingerprint density at radius 1 is 1.06 bits per heavy atom. The van der Waals surface area contributed by atoms with E-state index in [1.54, 1.807) is 30.5 Å². The average molecular weight is 442 g/mol. The van der Waals surface area contributed by atoms with Crippen LogP contribution in [-0.2, 0) is 13.0 Å². The standard InChI is InChI=1S/C24H25ClFN3O2/c25-20-7-3-1-5-15(20)13-28-22-12-23(31)19(14-30)18(22)11-16-9-10-27-24(29-16)17-6-2-4-8-21(17)26/h1-10,18-19,22-23,28,30-31H,11-14H2. The number of halogens is 2. The molecule has 4 atom stereocenters. The third-order valence-electron chi connectivity index (χ3n) is 6.05. The molecule has 0 bridgehead atoms. The van der Waals surface area contributed by atoms with E-state index >= 15 is 0 Å². The van der Waals surface area contributed by atoms with Crippen LogP contribution >= 0.6 is 11.6 Å². The highest BCUT2D eigenvalue weighted by Gasteiger charge is 2.42. The maximum absolute atomic E-state index is 14.2. The van der Waals surface area contributed by atoms with E-state index in [0.717, 1.165) is 11.3 Å². The van der Waals surface area contributed by atoms with Crippen molar-refractivity contribution in [2.24, 2.45) is 11.8 Å². The monoisotopic (exact) mass is 441 g/mol. The molecule has 4 unspecified atom stereocenters. The molecule has 7 heteroatoms. The lowest BCUT2D eigenvalue weighted by molar-refractivity contribution is 0.0716. The summed E-state index contributed by atoms with van der Waals surface area (Å²) in [6.07, 6.45) is 2.08. The van der Waals surface area contributed by atoms with Crippen LogP contribution in [0.1, 0.15) is 17.7 Å². The zero-order valence-electron chi connectivity index (χ0n) is 17.0. The Morgan fingerprint density at radius 2 is 1.84 bits per heavy atom. The predicted octanol–water partition coefficient (Wildman–Crippen LogP) is 3.63. The van der Waals surface area contributed by atoms with Crippen molar-refractivity contribution < 1.29 is 14.6 Å². The van der Waals surface area contributed by atoms with Gasteiger partial charge in [-0.3, -0.25) is 0 Å². The normalized spacial score (nSPS) is 23.2. The quantitative estimate of drug-likeness (QED) is 0.522. The maximum Gasteiger partial charge on any atom is 0.162 e. The fourth-order valence-corrected chi connectivity index (χ4v) is 4.59. The van der Waals surface area contributed by atoms with Gasteiger partial charge in [-0.25, -0.2) is 14.4 Å². The first-order chi connectivity index (χ1) is 15.1. The molecule has 3 N–H and O–H groups in total. The van der Waals surface area contributed by atoms with Crippen molar-refractivity contribution in [3.63, 3.8) is 0 Å². The van der Waals surface area contributed by atoms with Crippen LogP contribution in [0.5, 0.6) is 0 Å². The fraction of sp³-hybridized carbons (Fsp3) is 0.333. The second kappa shape index (κ2) is 9.83. The van der Waals surface area contributed by atoms with E-state index in [-0.39, 0.29) is 30.3 Å². The Balaban J connectivity index is 1.53. The summed E-state index contributed by atoms with van der Waals surface area (Å²) >= 11 is 6.27. The summed E-state index contributed by atoms with van der Waals surface area (Å²) in [7, 11) is 0. The van der Waals surface area contributed by atoms with Crippen molar-refractivity contribution in [1.82, 2.24) is 15.3 Å². The number of aliphatic hydroxyl groups is 2. The SMILES string of the molecule is OCC1C(O)CC(NCc2ccccc2Cl)C1Cc1ccnc(-c2ccccc2F)n1. The van der Waals surface area contributed by atoms with Crippen molar-refractivity contribution in [1.29, 1.82) is 0 Å². The minimum Gasteiger partial charge on any atom is -0.396 e. The van der Waals surface area contributed by atoms with Crippen molar-refractivity contribution in [2.75, 3.05) is 6.61 Å². The number of hydrogen-bond acceptors (Lipinski definition) is 5. The average Bonchev–Trinajstić information content (AvgIpc) is 3.07. The van der Waals surface area contributed by atoms with Gasteiger partial charge in [-0.15, -0.1) is 0 Å². The Labute approximate surface area is 186 Å². The third kappa shape index (κ3) is 4.93. The minimum absolute atomic E-state index is 0.0182. The molecule has 0 spiro atoms. The number of aromatic nitrogens is 2. The molecule has 0 amide bonds. The van der Waals surface area contributed by atoms with Gasteiger partial charge in [0.05, 0.1) is 11.7 Å².